The fourth-order valence-corrected chi connectivity index (χ4v) is 0.318. The van der Waals surface area contributed by atoms with Gasteiger partial charge in [-0.2, -0.15) is 0 Å². The number of carbonyl (C=O) groups excluding carboxylic acids is 1. The molecule has 5 N–H and O–H groups in total. The second kappa shape index (κ2) is 4.70. The molecule has 48 valence electrons. The number of hydrogen-bond donors (Lipinski definition) is 3. The van der Waals surface area contributed by atoms with Crippen molar-refractivity contribution in [1.29, 1.82) is 0 Å². The number of rotatable bonds is 4. The Labute approximate surface area is 48.2 Å². The van der Waals surface area contributed by atoms with Gasteiger partial charge in [0.2, 0.25) is 0 Å². The highest BCUT2D eigenvalue weighted by Crippen LogP contribution is 1.77. The van der Waals surface area contributed by atoms with E-state index in [-0.39, 0.29) is 6.04 Å². The summed E-state index contributed by atoms with van der Waals surface area (Å²) < 4.78 is 0. The van der Waals surface area contributed by atoms with Crippen molar-refractivity contribution in [3.8, 4) is 0 Å². The van der Waals surface area contributed by atoms with E-state index in [0.29, 0.717) is 19.3 Å². The van der Waals surface area contributed by atoms with Crippen molar-refractivity contribution in [3.05, 3.63) is 0 Å². The lowest BCUT2D eigenvalue weighted by molar-refractivity contribution is -0.109. The molecule has 0 saturated carbocycles. The first-order valence-electron chi connectivity index (χ1n) is 2.45. The first-order valence-corrected chi connectivity index (χ1v) is 2.45. The SMILES string of the molecule is NNCCC(N)C=O. The van der Waals surface area contributed by atoms with Gasteiger partial charge in [0.15, 0.2) is 0 Å². The van der Waals surface area contributed by atoms with Crippen molar-refractivity contribution in [1.82, 2.24) is 5.43 Å². The van der Waals surface area contributed by atoms with Crippen molar-refractivity contribution < 1.29 is 4.79 Å². The summed E-state index contributed by atoms with van der Waals surface area (Å²) in [7, 11) is 0. The van der Waals surface area contributed by atoms with Crippen molar-refractivity contribution in [3.63, 3.8) is 0 Å². The van der Waals surface area contributed by atoms with Crippen LogP contribution >= 0.6 is 0 Å². The second-order valence-electron chi connectivity index (χ2n) is 1.54. The summed E-state index contributed by atoms with van der Waals surface area (Å²) >= 11 is 0. The molecule has 0 fully saturated rings. The number of hydrogen-bond acceptors (Lipinski definition) is 4. The van der Waals surface area contributed by atoms with Gasteiger partial charge in [-0.3, -0.25) is 11.3 Å². The van der Waals surface area contributed by atoms with Crippen LogP contribution in [0.15, 0.2) is 0 Å². The summed E-state index contributed by atoms with van der Waals surface area (Å²) in [6.45, 7) is 0.583. The zero-order valence-electron chi connectivity index (χ0n) is 4.63. The number of nitrogens with one attached hydrogen (secondary N) is 1. The highest BCUT2D eigenvalue weighted by Gasteiger charge is 1.95. The van der Waals surface area contributed by atoms with E-state index in [1.807, 2.05) is 0 Å². The van der Waals surface area contributed by atoms with Crippen molar-refractivity contribution in [2.45, 2.75) is 12.5 Å². The third-order valence-corrected chi connectivity index (χ3v) is 0.797. The Morgan fingerprint density at radius 3 is 2.75 bits per heavy atom. The predicted molar refractivity (Wildman–Crippen MR) is 30.8 cm³/mol. The minimum absolute atomic E-state index is 0.369. The highest BCUT2D eigenvalue weighted by molar-refractivity contribution is 5.56. The lowest BCUT2D eigenvalue weighted by Gasteiger charge is -1.99. The molecule has 0 amide bonds. The quantitative estimate of drug-likeness (QED) is 0.234. The standard InChI is InChI=1S/C4H11N3O/c5-4(3-8)1-2-7-6/h3-4,7H,1-2,5-6H2. The second-order valence-corrected chi connectivity index (χ2v) is 1.54. The van der Waals surface area contributed by atoms with E-state index >= 15 is 0 Å². The molecule has 0 saturated heterocycles. The molecule has 0 radical (unpaired) electrons. The Morgan fingerprint density at radius 1 is 1.75 bits per heavy atom. The lowest BCUT2D eigenvalue weighted by atomic mass is 10.2. The van der Waals surface area contributed by atoms with Gasteiger partial charge in [0.05, 0.1) is 6.04 Å². The van der Waals surface area contributed by atoms with Crippen molar-refractivity contribution >= 4 is 6.29 Å². The average Bonchev–Trinajstić information content (AvgIpc) is 1.83. The molecule has 0 spiro atoms. The molecule has 0 aromatic rings. The molecule has 0 aliphatic rings. The van der Waals surface area contributed by atoms with Gasteiger partial charge in [-0.05, 0) is 6.42 Å². The molecule has 0 bridgehead atoms. The number of carbonyl (C=O) groups is 1. The Kier molecular flexibility index (Phi) is 4.44. The third kappa shape index (κ3) is 3.73. The van der Waals surface area contributed by atoms with Crippen LogP contribution in [-0.4, -0.2) is 18.9 Å². The molecule has 1 atom stereocenters. The molecule has 4 nitrogen and oxygen atoms in total. The molecular weight excluding hydrogens is 106 g/mol. The molecule has 1 unspecified atom stereocenters. The molecule has 8 heavy (non-hydrogen) atoms. The van der Waals surface area contributed by atoms with Gasteiger partial charge in [-0.25, -0.2) is 0 Å². The van der Waals surface area contributed by atoms with Crippen LogP contribution in [0.5, 0.6) is 0 Å². The maximum Gasteiger partial charge on any atom is 0.136 e. The van der Waals surface area contributed by atoms with E-state index in [4.69, 9.17) is 11.6 Å². The van der Waals surface area contributed by atoms with Crippen LogP contribution in [-0.2, 0) is 4.79 Å². The fraction of sp³-hybridized carbons (Fsp3) is 0.750. The summed E-state index contributed by atoms with van der Waals surface area (Å²) in [5.41, 5.74) is 7.59. The zero-order chi connectivity index (χ0) is 6.41. The first-order chi connectivity index (χ1) is 3.81. The summed E-state index contributed by atoms with van der Waals surface area (Å²) in [4.78, 5) is 9.82. The Bertz CT molecular complexity index is 66.3. The molecule has 0 aliphatic carbocycles. The normalized spacial score (nSPS) is 13.2. The van der Waals surface area contributed by atoms with Crippen LogP contribution in [0.2, 0.25) is 0 Å². The Hall–Kier alpha value is -0.450. The predicted octanol–water partition coefficient (Wildman–Crippen LogP) is -1.63. The number of nitrogens with two attached hydrogens (primary N) is 2. The molecular formula is C4H11N3O. The van der Waals surface area contributed by atoms with Gasteiger partial charge in [-0.15, -0.1) is 0 Å². The maximum atomic E-state index is 9.82. The minimum atomic E-state index is -0.369. The van der Waals surface area contributed by atoms with Crippen LogP contribution in [0, 0.1) is 0 Å². The molecule has 4 heteroatoms. The zero-order valence-corrected chi connectivity index (χ0v) is 4.63. The number of aldehydes is 1. The smallest absolute Gasteiger partial charge is 0.136 e. The first kappa shape index (κ1) is 7.55. The molecule has 0 rings (SSSR count). The molecule has 0 aromatic carbocycles. The molecule has 0 aliphatic heterocycles. The van der Waals surface area contributed by atoms with Gasteiger partial charge >= 0.3 is 0 Å². The van der Waals surface area contributed by atoms with Crippen molar-refractivity contribution in [2.75, 3.05) is 6.54 Å². The third-order valence-electron chi connectivity index (χ3n) is 0.797. The monoisotopic (exact) mass is 117 g/mol. The summed E-state index contributed by atoms with van der Waals surface area (Å²) in [6, 6.07) is -0.369. The van der Waals surface area contributed by atoms with E-state index in [0.717, 1.165) is 0 Å². The van der Waals surface area contributed by atoms with E-state index in [9.17, 15) is 4.79 Å². The van der Waals surface area contributed by atoms with Gasteiger partial charge in [0.25, 0.3) is 0 Å². The van der Waals surface area contributed by atoms with Crippen LogP contribution < -0.4 is 17.0 Å². The van der Waals surface area contributed by atoms with Crippen LogP contribution in [0.4, 0.5) is 0 Å². The minimum Gasteiger partial charge on any atom is -0.322 e. The maximum absolute atomic E-state index is 9.82. The highest BCUT2D eigenvalue weighted by atomic mass is 16.1. The summed E-state index contributed by atoms with van der Waals surface area (Å²) in [5, 5.41) is 0. The summed E-state index contributed by atoms with van der Waals surface area (Å²) in [6.07, 6.45) is 1.30. The van der Waals surface area contributed by atoms with Crippen LogP contribution in [0.1, 0.15) is 6.42 Å². The van der Waals surface area contributed by atoms with Gasteiger partial charge in [0, 0.05) is 6.54 Å². The lowest BCUT2D eigenvalue weighted by Crippen LogP contribution is -2.30. The van der Waals surface area contributed by atoms with Gasteiger partial charge < -0.3 is 10.5 Å². The Balaban J connectivity index is 2.98. The van der Waals surface area contributed by atoms with Crippen LogP contribution in [0.3, 0.4) is 0 Å². The van der Waals surface area contributed by atoms with E-state index in [2.05, 4.69) is 5.43 Å². The summed E-state index contributed by atoms with van der Waals surface area (Å²) in [5.74, 6) is 4.91. The number of hydrazine groups is 1. The average molecular weight is 117 g/mol. The van der Waals surface area contributed by atoms with E-state index in [1.54, 1.807) is 0 Å². The molecule has 0 aromatic heterocycles. The van der Waals surface area contributed by atoms with Crippen LogP contribution in [0.25, 0.3) is 0 Å². The largest absolute Gasteiger partial charge is 0.322 e. The molecule has 0 heterocycles. The van der Waals surface area contributed by atoms with Crippen molar-refractivity contribution in [2.24, 2.45) is 11.6 Å². The van der Waals surface area contributed by atoms with Gasteiger partial charge in [-0.1, -0.05) is 0 Å². The topological polar surface area (TPSA) is 81.1 Å². The van der Waals surface area contributed by atoms with E-state index in [1.165, 1.54) is 0 Å². The Morgan fingerprint density at radius 2 is 2.38 bits per heavy atom. The van der Waals surface area contributed by atoms with E-state index < -0.39 is 0 Å². The van der Waals surface area contributed by atoms with Gasteiger partial charge in [0.1, 0.15) is 6.29 Å². The fourth-order valence-electron chi connectivity index (χ4n) is 0.318.